The maximum Gasteiger partial charge on any atom is 0.254 e. The number of halogens is 1. The van der Waals surface area contributed by atoms with E-state index in [2.05, 4.69) is 15.3 Å². The van der Waals surface area contributed by atoms with Crippen LogP contribution < -0.4 is 20.5 Å². The second-order valence-electron chi connectivity index (χ2n) is 4.27. The van der Waals surface area contributed by atoms with Gasteiger partial charge in [-0.25, -0.2) is 4.98 Å². The molecular formula is C14H15ClN4O3. The van der Waals surface area contributed by atoms with Gasteiger partial charge < -0.3 is 20.5 Å². The minimum atomic E-state index is -0.642. The summed E-state index contributed by atoms with van der Waals surface area (Å²) in [6.45, 7) is 0.341. The first-order valence-corrected chi connectivity index (χ1v) is 6.70. The van der Waals surface area contributed by atoms with E-state index in [9.17, 15) is 4.79 Å². The number of para-hydroxylation sites is 1. The molecule has 7 nitrogen and oxygen atoms in total. The van der Waals surface area contributed by atoms with E-state index in [0.29, 0.717) is 18.0 Å². The molecule has 2 rings (SSSR count). The topological polar surface area (TPSA) is 99.4 Å². The number of aromatic nitrogens is 2. The van der Waals surface area contributed by atoms with Gasteiger partial charge in [0.1, 0.15) is 5.82 Å². The van der Waals surface area contributed by atoms with Crippen LogP contribution in [0.15, 0.2) is 24.4 Å². The second-order valence-corrected chi connectivity index (χ2v) is 4.61. The summed E-state index contributed by atoms with van der Waals surface area (Å²) in [7, 11) is 3.11. The van der Waals surface area contributed by atoms with E-state index in [4.69, 9.17) is 26.8 Å². The van der Waals surface area contributed by atoms with Gasteiger partial charge >= 0.3 is 0 Å². The number of benzene rings is 1. The van der Waals surface area contributed by atoms with Crippen LogP contribution in [0.1, 0.15) is 15.9 Å². The van der Waals surface area contributed by atoms with Gasteiger partial charge in [-0.2, -0.15) is 4.98 Å². The van der Waals surface area contributed by atoms with Gasteiger partial charge in [0.2, 0.25) is 5.28 Å². The fourth-order valence-corrected chi connectivity index (χ4v) is 2.08. The molecule has 0 unspecified atom stereocenters. The molecule has 0 spiro atoms. The molecule has 1 aromatic carbocycles. The maximum absolute atomic E-state index is 11.4. The van der Waals surface area contributed by atoms with Crippen LogP contribution >= 0.6 is 11.6 Å². The van der Waals surface area contributed by atoms with Gasteiger partial charge in [0.25, 0.3) is 5.91 Å². The van der Waals surface area contributed by atoms with Crippen LogP contribution in [0.2, 0.25) is 5.28 Å². The number of carbonyl (C=O) groups excluding carboxylic acids is 1. The molecule has 0 aliphatic heterocycles. The molecule has 0 aliphatic carbocycles. The van der Waals surface area contributed by atoms with Crippen molar-refractivity contribution in [2.45, 2.75) is 6.54 Å². The van der Waals surface area contributed by atoms with Crippen LogP contribution in [0.5, 0.6) is 11.5 Å². The van der Waals surface area contributed by atoms with Gasteiger partial charge in [-0.1, -0.05) is 12.1 Å². The Balaban J connectivity index is 2.27. The Morgan fingerprint density at radius 1 is 1.36 bits per heavy atom. The minimum Gasteiger partial charge on any atom is -0.493 e. The van der Waals surface area contributed by atoms with Crippen molar-refractivity contribution in [2.24, 2.45) is 5.73 Å². The monoisotopic (exact) mass is 322 g/mol. The third-order valence-corrected chi connectivity index (χ3v) is 3.14. The number of amides is 1. The van der Waals surface area contributed by atoms with Crippen molar-refractivity contribution in [3.05, 3.63) is 40.8 Å². The molecule has 1 amide bonds. The first-order chi connectivity index (χ1) is 10.6. The van der Waals surface area contributed by atoms with Gasteiger partial charge in [-0.15, -0.1) is 0 Å². The first kappa shape index (κ1) is 15.8. The van der Waals surface area contributed by atoms with Crippen LogP contribution in [0.3, 0.4) is 0 Å². The van der Waals surface area contributed by atoms with Crippen molar-refractivity contribution in [1.82, 2.24) is 9.97 Å². The number of ether oxygens (including phenoxy) is 2. The number of primary amides is 1. The summed E-state index contributed by atoms with van der Waals surface area (Å²) >= 11 is 5.75. The molecular weight excluding hydrogens is 308 g/mol. The molecule has 0 aliphatic rings. The van der Waals surface area contributed by atoms with Gasteiger partial charge in [0.05, 0.1) is 19.8 Å². The minimum absolute atomic E-state index is 0.0186. The van der Waals surface area contributed by atoms with E-state index >= 15 is 0 Å². The zero-order valence-corrected chi connectivity index (χ0v) is 12.8. The lowest BCUT2D eigenvalue weighted by Crippen LogP contribution is -2.16. The van der Waals surface area contributed by atoms with E-state index in [1.807, 2.05) is 12.1 Å². The first-order valence-electron chi connectivity index (χ1n) is 6.33. The molecule has 0 bridgehead atoms. The molecule has 1 heterocycles. The highest BCUT2D eigenvalue weighted by Gasteiger charge is 2.13. The molecule has 0 fully saturated rings. The molecule has 0 radical (unpaired) electrons. The number of carbonyl (C=O) groups is 1. The van der Waals surface area contributed by atoms with Crippen molar-refractivity contribution >= 4 is 23.3 Å². The van der Waals surface area contributed by atoms with Crippen molar-refractivity contribution in [3.63, 3.8) is 0 Å². The number of hydrogen-bond acceptors (Lipinski definition) is 6. The average molecular weight is 323 g/mol. The van der Waals surface area contributed by atoms with E-state index in [1.165, 1.54) is 6.20 Å². The number of nitrogens with one attached hydrogen (secondary N) is 1. The smallest absolute Gasteiger partial charge is 0.254 e. The van der Waals surface area contributed by atoms with Crippen LogP contribution in [0.25, 0.3) is 0 Å². The summed E-state index contributed by atoms with van der Waals surface area (Å²) in [5.41, 5.74) is 6.27. The summed E-state index contributed by atoms with van der Waals surface area (Å²) < 4.78 is 10.6. The highest BCUT2D eigenvalue weighted by Crippen LogP contribution is 2.31. The van der Waals surface area contributed by atoms with E-state index in [1.54, 1.807) is 20.3 Å². The predicted octanol–water partition coefficient (Wildman–Crippen LogP) is 1.86. The molecule has 2 aromatic rings. The fourth-order valence-electron chi connectivity index (χ4n) is 1.95. The fraction of sp³-hybridized carbons (Fsp3) is 0.214. The molecule has 3 N–H and O–H groups in total. The molecule has 1 aromatic heterocycles. The summed E-state index contributed by atoms with van der Waals surface area (Å²) in [5, 5.41) is 3.02. The van der Waals surface area contributed by atoms with E-state index < -0.39 is 5.91 Å². The van der Waals surface area contributed by atoms with Gasteiger partial charge in [-0.3, -0.25) is 4.79 Å². The summed E-state index contributed by atoms with van der Waals surface area (Å²) in [5.74, 6) is 0.824. The van der Waals surface area contributed by atoms with Gasteiger partial charge in [0, 0.05) is 18.3 Å². The normalized spacial score (nSPS) is 10.1. The SMILES string of the molecule is COc1cccc(CNc2nc(Cl)ncc2C(N)=O)c1OC. The summed E-state index contributed by atoms with van der Waals surface area (Å²) in [4.78, 5) is 19.1. The number of nitrogens with zero attached hydrogens (tertiary/aromatic N) is 2. The summed E-state index contributed by atoms with van der Waals surface area (Å²) in [6, 6.07) is 5.49. The highest BCUT2D eigenvalue weighted by atomic mass is 35.5. The Labute approximate surface area is 132 Å². The highest BCUT2D eigenvalue weighted by molar-refractivity contribution is 6.28. The molecule has 0 saturated carbocycles. The van der Waals surface area contributed by atoms with Gasteiger partial charge in [-0.05, 0) is 17.7 Å². The number of nitrogens with two attached hydrogens (primary N) is 1. The number of hydrogen-bond donors (Lipinski definition) is 2. The lowest BCUT2D eigenvalue weighted by atomic mass is 10.1. The average Bonchev–Trinajstić information content (AvgIpc) is 2.52. The number of methoxy groups -OCH3 is 2. The lowest BCUT2D eigenvalue weighted by molar-refractivity contribution is 0.100. The van der Waals surface area contributed by atoms with Crippen molar-refractivity contribution in [1.29, 1.82) is 0 Å². The van der Waals surface area contributed by atoms with Crippen molar-refractivity contribution in [3.8, 4) is 11.5 Å². The number of anilines is 1. The van der Waals surface area contributed by atoms with E-state index in [0.717, 1.165) is 5.56 Å². The molecule has 8 heteroatoms. The molecule has 0 atom stereocenters. The largest absolute Gasteiger partial charge is 0.493 e. The van der Waals surface area contributed by atoms with Crippen LogP contribution in [0.4, 0.5) is 5.82 Å². The maximum atomic E-state index is 11.4. The van der Waals surface area contributed by atoms with Crippen molar-refractivity contribution < 1.29 is 14.3 Å². The standard InChI is InChI=1S/C14H15ClN4O3/c1-21-10-5-3-4-8(11(10)22-2)6-17-13-9(12(16)20)7-18-14(15)19-13/h3-5,7H,6H2,1-2H3,(H2,16,20)(H,17,18,19). The molecule has 0 saturated heterocycles. The molecule has 22 heavy (non-hydrogen) atoms. The Bertz CT molecular complexity index is 694. The Morgan fingerprint density at radius 2 is 2.14 bits per heavy atom. The number of rotatable bonds is 6. The quantitative estimate of drug-likeness (QED) is 0.787. The Morgan fingerprint density at radius 3 is 2.77 bits per heavy atom. The van der Waals surface area contributed by atoms with Crippen LogP contribution in [-0.2, 0) is 6.54 Å². The summed E-state index contributed by atoms with van der Waals surface area (Å²) in [6.07, 6.45) is 1.28. The zero-order chi connectivity index (χ0) is 16.1. The van der Waals surface area contributed by atoms with Crippen molar-refractivity contribution in [2.75, 3.05) is 19.5 Å². The molecule has 116 valence electrons. The van der Waals surface area contributed by atoms with Crippen LogP contribution in [-0.4, -0.2) is 30.1 Å². The third kappa shape index (κ3) is 3.37. The van der Waals surface area contributed by atoms with Crippen LogP contribution in [0, 0.1) is 0 Å². The van der Waals surface area contributed by atoms with Gasteiger partial charge in [0.15, 0.2) is 11.5 Å². The predicted molar refractivity (Wildman–Crippen MR) is 82.4 cm³/mol. The second kappa shape index (κ2) is 6.95. The third-order valence-electron chi connectivity index (χ3n) is 2.96. The Hall–Kier alpha value is -2.54. The van der Waals surface area contributed by atoms with E-state index in [-0.39, 0.29) is 16.7 Å². The Kier molecular flexibility index (Phi) is 5.00. The lowest BCUT2D eigenvalue weighted by Gasteiger charge is -2.14. The zero-order valence-electron chi connectivity index (χ0n) is 12.1.